The highest BCUT2D eigenvalue weighted by molar-refractivity contribution is 5.93. The molecule has 0 spiro atoms. The molecule has 2 rings (SSSR count). The Morgan fingerprint density at radius 1 is 1.33 bits per heavy atom. The quantitative estimate of drug-likeness (QED) is 0.870. The van der Waals surface area contributed by atoms with Gasteiger partial charge in [-0.2, -0.15) is 13.2 Å². The van der Waals surface area contributed by atoms with Crippen molar-refractivity contribution in [3.8, 4) is 0 Å². The maximum absolute atomic E-state index is 12.7. The van der Waals surface area contributed by atoms with E-state index in [0.717, 1.165) is 18.6 Å². The van der Waals surface area contributed by atoms with Crippen molar-refractivity contribution in [2.45, 2.75) is 19.5 Å². The van der Waals surface area contributed by atoms with Crippen LogP contribution in [0.15, 0.2) is 24.3 Å². The number of carbonyl (C=O) groups excluding carboxylic acids is 2. The van der Waals surface area contributed by atoms with Gasteiger partial charge in [-0.1, -0.05) is 19.1 Å². The summed E-state index contributed by atoms with van der Waals surface area (Å²) in [6.45, 7) is 1.29. The Hall–Kier alpha value is -2.05. The van der Waals surface area contributed by atoms with Gasteiger partial charge in [0.15, 0.2) is 6.61 Å². The van der Waals surface area contributed by atoms with Crippen LogP contribution in [0, 0.1) is 11.8 Å². The molecule has 0 radical (unpaired) electrons. The lowest BCUT2D eigenvalue weighted by Crippen LogP contribution is -2.23. The lowest BCUT2D eigenvalue weighted by molar-refractivity contribution is -0.149. The summed E-state index contributed by atoms with van der Waals surface area (Å²) in [5.41, 5.74) is -1.30. The lowest BCUT2D eigenvalue weighted by atomic mass is 10.1. The van der Waals surface area contributed by atoms with Gasteiger partial charge >= 0.3 is 12.1 Å². The van der Waals surface area contributed by atoms with Crippen LogP contribution < -0.4 is 5.32 Å². The number of hydrogen-bond donors (Lipinski definition) is 1. The Morgan fingerprint density at radius 2 is 1.95 bits per heavy atom. The molecule has 4 nitrogen and oxygen atoms in total. The zero-order valence-corrected chi connectivity index (χ0v) is 11.2. The first-order valence-corrected chi connectivity index (χ1v) is 6.41. The zero-order valence-electron chi connectivity index (χ0n) is 11.2. The van der Waals surface area contributed by atoms with Crippen LogP contribution in [0.3, 0.4) is 0 Å². The summed E-state index contributed by atoms with van der Waals surface area (Å²) in [7, 11) is 0. The number of carbonyl (C=O) groups is 2. The minimum atomic E-state index is -4.57. The Kier molecular flexibility index (Phi) is 4.20. The van der Waals surface area contributed by atoms with E-state index in [0.29, 0.717) is 0 Å². The van der Waals surface area contributed by atoms with Gasteiger partial charge in [-0.25, -0.2) is 0 Å². The van der Waals surface area contributed by atoms with Crippen molar-refractivity contribution in [3.05, 3.63) is 29.8 Å². The summed E-state index contributed by atoms with van der Waals surface area (Å²) in [5, 5.41) is 2.11. The SMILES string of the molecule is C[C@H]1C[C@H]1C(=O)OCC(=O)Nc1ccccc1C(F)(F)F. The molecule has 0 aliphatic heterocycles. The second kappa shape index (κ2) is 5.75. The minimum absolute atomic E-state index is 0.194. The molecule has 1 aliphatic carbocycles. The number of anilines is 1. The summed E-state index contributed by atoms with van der Waals surface area (Å²) < 4.78 is 43.0. The van der Waals surface area contributed by atoms with E-state index in [1.54, 1.807) is 0 Å². The van der Waals surface area contributed by atoms with E-state index >= 15 is 0 Å². The molecule has 0 heterocycles. The number of rotatable bonds is 4. The van der Waals surface area contributed by atoms with Crippen LogP contribution >= 0.6 is 0 Å². The van der Waals surface area contributed by atoms with E-state index in [9.17, 15) is 22.8 Å². The first kappa shape index (κ1) is 15.3. The van der Waals surface area contributed by atoms with Crippen molar-refractivity contribution < 1.29 is 27.5 Å². The van der Waals surface area contributed by atoms with Crippen molar-refractivity contribution in [2.75, 3.05) is 11.9 Å². The molecule has 0 saturated heterocycles. The van der Waals surface area contributed by atoms with Crippen LogP contribution in [-0.2, 0) is 20.5 Å². The molecular formula is C14H14F3NO3. The Balaban J connectivity index is 1.92. The summed E-state index contributed by atoms with van der Waals surface area (Å²) in [6, 6.07) is 4.62. The van der Waals surface area contributed by atoms with Crippen molar-refractivity contribution >= 4 is 17.6 Å². The molecule has 1 aromatic rings. The molecule has 114 valence electrons. The third-order valence-corrected chi connectivity index (χ3v) is 3.26. The van der Waals surface area contributed by atoms with E-state index in [2.05, 4.69) is 5.32 Å². The van der Waals surface area contributed by atoms with Crippen molar-refractivity contribution in [3.63, 3.8) is 0 Å². The average Bonchev–Trinajstić information content (AvgIpc) is 3.12. The third kappa shape index (κ3) is 3.96. The van der Waals surface area contributed by atoms with Crippen LogP contribution in [0.2, 0.25) is 0 Å². The van der Waals surface area contributed by atoms with E-state index in [-0.39, 0.29) is 17.5 Å². The van der Waals surface area contributed by atoms with E-state index in [1.165, 1.54) is 12.1 Å². The summed E-state index contributed by atoms with van der Waals surface area (Å²) in [6.07, 6.45) is -3.85. The number of para-hydroxylation sites is 1. The lowest BCUT2D eigenvalue weighted by Gasteiger charge is -2.13. The predicted octanol–water partition coefficient (Wildman–Crippen LogP) is 2.84. The van der Waals surface area contributed by atoms with Gasteiger partial charge in [-0.05, 0) is 24.5 Å². The van der Waals surface area contributed by atoms with Gasteiger partial charge < -0.3 is 10.1 Å². The smallest absolute Gasteiger partial charge is 0.418 e. The van der Waals surface area contributed by atoms with Gasteiger partial charge in [0.05, 0.1) is 17.2 Å². The van der Waals surface area contributed by atoms with E-state index in [4.69, 9.17) is 4.74 Å². The highest BCUT2D eigenvalue weighted by Crippen LogP contribution is 2.38. The van der Waals surface area contributed by atoms with Crippen LogP contribution in [0.5, 0.6) is 0 Å². The molecule has 1 fully saturated rings. The van der Waals surface area contributed by atoms with E-state index in [1.807, 2.05) is 6.92 Å². The molecule has 1 aromatic carbocycles. The second-order valence-corrected chi connectivity index (χ2v) is 5.02. The molecule has 1 saturated carbocycles. The number of esters is 1. The van der Waals surface area contributed by atoms with Gasteiger partial charge in [0.1, 0.15) is 0 Å². The monoisotopic (exact) mass is 301 g/mol. The Bertz CT molecular complexity index is 557. The fourth-order valence-corrected chi connectivity index (χ4v) is 1.92. The minimum Gasteiger partial charge on any atom is -0.455 e. The normalized spacial score (nSPS) is 20.8. The van der Waals surface area contributed by atoms with Gasteiger partial charge in [0.25, 0.3) is 5.91 Å². The van der Waals surface area contributed by atoms with Crippen molar-refractivity contribution in [1.82, 2.24) is 0 Å². The fraction of sp³-hybridized carbons (Fsp3) is 0.429. The Morgan fingerprint density at radius 3 is 2.52 bits per heavy atom. The van der Waals surface area contributed by atoms with Gasteiger partial charge in [0.2, 0.25) is 0 Å². The van der Waals surface area contributed by atoms with Gasteiger partial charge in [0, 0.05) is 0 Å². The highest BCUT2D eigenvalue weighted by atomic mass is 19.4. The number of amides is 1. The van der Waals surface area contributed by atoms with Crippen molar-refractivity contribution in [2.24, 2.45) is 11.8 Å². The predicted molar refractivity (Wildman–Crippen MR) is 68.3 cm³/mol. The van der Waals surface area contributed by atoms with Crippen LogP contribution in [0.25, 0.3) is 0 Å². The molecule has 0 bridgehead atoms. The first-order valence-electron chi connectivity index (χ1n) is 6.41. The van der Waals surface area contributed by atoms with Crippen LogP contribution in [0.1, 0.15) is 18.9 Å². The molecule has 1 aliphatic rings. The number of benzene rings is 1. The maximum Gasteiger partial charge on any atom is 0.418 e. The number of alkyl halides is 3. The van der Waals surface area contributed by atoms with Crippen LogP contribution in [-0.4, -0.2) is 18.5 Å². The topological polar surface area (TPSA) is 55.4 Å². The maximum atomic E-state index is 12.7. The molecule has 0 unspecified atom stereocenters. The van der Waals surface area contributed by atoms with E-state index < -0.39 is 30.2 Å². The second-order valence-electron chi connectivity index (χ2n) is 5.02. The largest absolute Gasteiger partial charge is 0.455 e. The molecule has 0 aromatic heterocycles. The number of ether oxygens (including phenoxy) is 1. The molecule has 7 heteroatoms. The standard InChI is InChI=1S/C14H14F3NO3/c1-8-6-9(8)13(20)21-7-12(19)18-11-5-3-2-4-10(11)14(15,16)17/h2-5,8-9H,6-7H2,1H3,(H,18,19)/t8-,9+/m0/s1. The summed E-state index contributed by atoms with van der Waals surface area (Å²) >= 11 is 0. The molecule has 21 heavy (non-hydrogen) atoms. The summed E-state index contributed by atoms with van der Waals surface area (Å²) in [5.74, 6) is -1.23. The first-order chi connectivity index (χ1) is 9.79. The number of nitrogens with one attached hydrogen (secondary N) is 1. The zero-order chi connectivity index (χ0) is 15.6. The van der Waals surface area contributed by atoms with Gasteiger partial charge in [-0.15, -0.1) is 0 Å². The molecule has 1 N–H and O–H groups in total. The Labute approximate surface area is 119 Å². The molecular weight excluding hydrogens is 287 g/mol. The third-order valence-electron chi connectivity index (χ3n) is 3.26. The number of hydrogen-bond acceptors (Lipinski definition) is 3. The average molecular weight is 301 g/mol. The molecule has 1 amide bonds. The fourth-order valence-electron chi connectivity index (χ4n) is 1.92. The summed E-state index contributed by atoms with van der Waals surface area (Å²) in [4.78, 5) is 23.0. The molecule has 2 atom stereocenters. The van der Waals surface area contributed by atoms with Crippen molar-refractivity contribution in [1.29, 1.82) is 0 Å². The highest BCUT2D eigenvalue weighted by Gasteiger charge is 2.40. The van der Waals surface area contributed by atoms with Gasteiger partial charge in [-0.3, -0.25) is 9.59 Å². The number of halogens is 3. The van der Waals surface area contributed by atoms with Crippen LogP contribution in [0.4, 0.5) is 18.9 Å².